The number of nitrogens with zero attached hydrogens (tertiary/aromatic N) is 4. The number of hydrogen-bond donors (Lipinski definition) is 0. The van der Waals surface area contributed by atoms with Crippen LogP contribution in [-0.2, 0) is 12.5 Å². The second-order valence-electron chi connectivity index (χ2n) is 8.24. The van der Waals surface area contributed by atoms with Crippen LogP contribution < -0.4 is 0 Å². The van der Waals surface area contributed by atoms with E-state index in [4.69, 9.17) is 4.52 Å². The molecule has 1 amide bonds. The summed E-state index contributed by atoms with van der Waals surface area (Å²) in [4.78, 5) is 16.3. The molecule has 0 spiro atoms. The number of carbonyl (C=O) groups excluding carboxylic acids is 1. The standard InChI is InChI=1S/C23H20F2N4O2S/c1-13-21-17(6-7-32-21)23(2,14-10-26-28(3)11-14)12-29(13)22(30)19-9-20(31-27-19)16-5-4-15(24)8-18(16)25/h4-11,13H,12H2,1-3H3/t13-,23+/m1/s1. The third-order valence-electron chi connectivity index (χ3n) is 6.15. The van der Waals surface area contributed by atoms with E-state index in [0.717, 1.165) is 22.6 Å². The van der Waals surface area contributed by atoms with Crippen LogP contribution in [-0.4, -0.2) is 32.3 Å². The van der Waals surface area contributed by atoms with Gasteiger partial charge in [-0.05, 0) is 43.0 Å². The number of benzene rings is 1. The Morgan fingerprint density at radius 2 is 2.09 bits per heavy atom. The first-order valence-electron chi connectivity index (χ1n) is 10.1. The average molecular weight is 455 g/mol. The maximum Gasteiger partial charge on any atom is 0.276 e. The highest BCUT2D eigenvalue weighted by molar-refractivity contribution is 7.10. The van der Waals surface area contributed by atoms with Crippen molar-refractivity contribution < 1.29 is 18.1 Å². The number of fused-ring (bicyclic) bond motifs is 1. The van der Waals surface area contributed by atoms with Crippen molar-refractivity contribution in [1.82, 2.24) is 19.8 Å². The van der Waals surface area contributed by atoms with Gasteiger partial charge in [-0.15, -0.1) is 11.3 Å². The molecule has 0 unspecified atom stereocenters. The lowest BCUT2D eigenvalue weighted by molar-refractivity contribution is 0.0622. The second kappa shape index (κ2) is 7.37. The average Bonchev–Trinajstić information content (AvgIpc) is 3.51. The highest BCUT2D eigenvalue weighted by Gasteiger charge is 2.44. The number of amides is 1. The van der Waals surface area contributed by atoms with E-state index in [1.807, 2.05) is 31.7 Å². The molecule has 1 aromatic carbocycles. The monoisotopic (exact) mass is 454 g/mol. The van der Waals surface area contributed by atoms with Crippen molar-refractivity contribution in [2.45, 2.75) is 25.3 Å². The second-order valence-corrected chi connectivity index (χ2v) is 9.19. The van der Waals surface area contributed by atoms with Crippen LogP contribution in [0.2, 0.25) is 0 Å². The predicted octanol–water partition coefficient (Wildman–Crippen LogP) is 4.94. The predicted molar refractivity (Wildman–Crippen MR) is 115 cm³/mol. The highest BCUT2D eigenvalue weighted by Crippen LogP contribution is 2.46. The third kappa shape index (κ3) is 3.15. The van der Waals surface area contributed by atoms with E-state index in [1.54, 1.807) is 20.9 Å². The van der Waals surface area contributed by atoms with E-state index in [9.17, 15) is 13.6 Å². The molecule has 5 rings (SSSR count). The molecule has 32 heavy (non-hydrogen) atoms. The van der Waals surface area contributed by atoms with Gasteiger partial charge in [0.25, 0.3) is 5.91 Å². The number of halogens is 2. The summed E-state index contributed by atoms with van der Waals surface area (Å²) in [6.07, 6.45) is 3.79. The molecule has 1 aliphatic heterocycles. The first-order valence-corrected chi connectivity index (χ1v) is 11.0. The summed E-state index contributed by atoms with van der Waals surface area (Å²) in [6, 6.07) is 6.51. The molecular weight excluding hydrogens is 434 g/mol. The Morgan fingerprint density at radius 3 is 2.81 bits per heavy atom. The van der Waals surface area contributed by atoms with Crippen molar-refractivity contribution in [3.63, 3.8) is 0 Å². The smallest absolute Gasteiger partial charge is 0.276 e. The summed E-state index contributed by atoms with van der Waals surface area (Å²) < 4.78 is 34.4. The molecule has 0 aliphatic carbocycles. The normalized spacial score (nSPS) is 20.4. The van der Waals surface area contributed by atoms with Gasteiger partial charge in [0, 0.05) is 47.8 Å². The van der Waals surface area contributed by atoms with Crippen LogP contribution >= 0.6 is 11.3 Å². The highest BCUT2D eigenvalue weighted by atomic mass is 32.1. The molecule has 3 aromatic heterocycles. The SMILES string of the molecule is C[C@@H]1c2sccc2[C@](C)(c2cnn(C)c2)CN1C(=O)c1cc(-c2ccc(F)cc2F)on1. The van der Waals surface area contributed by atoms with E-state index >= 15 is 0 Å². The molecule has 2 atom stereocenters. The van der Waals surface area contributed by atoms with Crippen molar-refractivity contribution in [2.24, 2.45) is 7.05 Å². The molecule has 4 heterocycles. The van der Waals surface area contributed by atoms with Crippen molar-refractivity contribution in [1.29, 1.82) is 0 Å². The number of hydrogen-bond acceptors (Lipinski definition) is 5. The van der Waals surface area contributed by atoms with Gasteiger partial charge in [-0.1, -0.05) is 5.16 Å². The fourth-order valence-electron chi connectivity index (χ4n) is 4.34. The maximum absolute atomic E-state index is 14.2. The van der Waals surface area contributed by atoms with E-state index in [2.05, 4.69) is 23.2 Å². The lowest BCUT2D eigenvalue weighted by Gasteiger charge is -2.43. The van der Waals surface area contributed by atoms with Gasteiger partial charge in [0.1, 0.15) is 11.6 Å². The zero-order valence-electron chi connectivity index (χ0n) is 17.7. The minimum atomic E-state index is -0.779. The molecule has 9 heteroatoms. The molecule has 4 aromatic rings. The third-order valence-corrected chi connectivity index (χ3v) is 7.24. The molecule has 0 saturated carbocycles. The molecule has 6 nitrogen and oxygen atoms in total. The molecule has 1 aliphatic rings. The summed E-state index contributed by atoms with van der Waals surface area (Å²) >= 11 is 1.61. The van der Waals surface area contributed by atoms with E-state index in [1.165, 1.54) is 17.7 Å². The maximum atomic E-state index is 14.2. The molecule has 0 bridgehead atoms. The Kier molecular flexibility index (Phi) is 4.74. The Hall–Kier alpha value is -3.33. The minimum Gasteiger partial charge on any atom is -0.355 e. The van der Waals surface area contributed by atoms with Gasteiger partial charge in [-0.25, -0.2) is 8.78 Å². The van der Waals surface area contributed by atoms with Crippen LogP contribution in [0.4, 0.5) is 8.78 Å². The van der Waals surface area contributed by atoms with Gasteiger partial charge in [-0.2, -0.15) is 5.10 Å². The van der Waals surface area contributed by atoms with Crippen LogP contribution in [0, 0.1) is 11.6 Å². The van der Waals surface area contributed by atoms with Crippen molar-refractivity contribution in [3.8, 4) is 11.3 Å². The van der Waals surface area contributed by atoms with Gasteiger partial charge in [0.2, 0.25) is 0 Å². The van der Waals surface area contributed by atoms with Gasteiger partial charge >= 0.3 is 0 Å². The summed E-state index contributed by atoms with van der Waals surface area (Å²) in [5, 5.41) is 10.3. The number of aryl methyl sites for hydroxylation is 1. The summed E-state index contributed by atoms with van der Waals surface area (Å²) in [5.74, 6) is -1.71. The number of carbonyl (C=O) groups is 1. The van der Waals surface area contributed by atoms with Crippen molar-refractivity contribution in [3.05, 3.63) is 81.4 Å². The van der Waals surface area contributed by atoms with Crippen LogP contribution in [0.3, 0.4) is 0 Å². The molecule has 164 valence electrons. The molecule has 0 fully saturated rings. The number of aromatic nitrogens is 3. The summed E-state index contributed by atoms with van der Waals surface area (Å²) in [7, 11) is 1.86. The van der Waals surface area contributed by atoms with Crippen LogP contribution in [0.1, 0.15) is 46.4 Å². The Morgan fingerprint density at radius 1 is 1.28 bits per heavy atom. The van der Waals surface area contributed by atoms with E-state index in [-0.39, 0.29) is 29.0 Å². The lowest BCUT2D eigenvalue weighted by atomic mass is 9.74. The van der Waals surface area contributed by atoms with Gasteiger partial charge in [0.15, 0.2) is 11.5 Å². The number of rotatable bonds is 3. The van der Waals surface area contributed by atoms with Crippen LogP contribution in [0.25, 0.3) is 11.3 Å². The zero-order chi connectivity index (χ0) is 22.6. The largest absolute Gasteiger partial charge is 0.355 e. The van der Waals surface area contributed by atoms with E-state index < -0.39 is 17.0 Å². The minimum absolute atomic E-state index is 0.0467. The van der Waals surface area contributed by atoms with Gasteiger partial charge < -0.3 is 9.42 Å². The Labute approximate surface area is 187 Å². The van der Waals surface area contributed by atoms with Gasteiger partial charge in [0.05, 0.1) is 17.8 Å². The zero-order valence-corrected chi connectivity index (χ0v) is 18.5. The molecule has 0 radical (unpaired) electrons. The topological polar surface area (TPSA) is 64.2 Å². The summed E-state index contributed by atoms with van der Waals surface area (Å²) in [6.45, 7) is 4.51. The van der Waals surface area contributed by atoms with Gasteiger partial charge in [-0.3, -0.25) is 9.48 Å². The first-order chi connectivity index (χ1) is 15.3. The fourth-order valence-corrected chi connectivity index (χ4v) is 5.44. The fraction of sp³-hybridized carbons (Fsp3) is 0.261. The van der Waals surface area contributed by atoms with Crippen LogP contribution in [0.15, 0.2) is 52.6 Å². The Bertz CT molecular complexity index is 1330. The first kappa shape index (κ1) is 20.6. The summed E-state index contributed by atoms with van der Waals surface area (Å²) in [5.41, 5.74) is 1.87. The molecule has 0 saturated heterocycles. The van der Waals surface area contributed by atoms with E-state index in [0.29, 0.717) is 6.54 Å². The molecular formula is C23H20F2N4O2S. The number of thiophene rings is 1. The van der Waals surface area contributed by atoms with Crippen molar-refractivity contribution in [2.75, 3.05) is 6.54 Å². The van der Waals surface area contributed by atoms with Crippen molar-refractivity contribution >= 4 is 17.2 Å². The quantitative estimate of drug-likeness (QED) is 0.440. The molecule has 0 N–H and O–H groups in total. The van der Waals surface area contributed by atoms with Crippen LogP contribution in [0.5, 0.6) is 0 Å². The lowest BCUT2D eigenvalue weighted by Crippen LogP contribution is -2.48. The Balaban J connectivity index is 1.51.